The number of unbranched alkanes of at least 4 members (excludes halogenated alkanes) is 1. The number of nitrogens with one attached hydrogen (secondary N) is 1. The lowest BCUT2D eigenvalue weighted by Crippen LogP contribution is -2.36. The number of rotatable bonds is 9. The third kappa shape index (κ3) is 5.75. The zero-order valence-corrected chi connectivity index (χ0v) is 13.6. The molecule has 0 spiro atoms. The minimum absolute atomic E-state index is 0.781. The minimum Gasteiger partial charge on any atom is -0.338 e. The third-order valence-electron chi connectivity index (χ3n) is 4.14. The van der Waals surface area contributed by atoms with E-state index >= 15 is 0 Å². The van der Waals surface area contributed by atoms with Gasteiger partial charge in [-0.15, -0.1) is 0 Å². The predicted octanol–water partition coefficient (Wildman–Crippen LogP) is 2.62. The summed E-state index contributed by atoms with van der Waals surface area (Å²) in [5.41, 5.74) is 0. The maximum Gasteiger partial charge on any atom is 0.240 e. The van der Waals surface area contributed by atoms with E-state index in [1.807, 2.05) is 0 Å². The van der Waals surface area contributed by atoms with Crippen molar-refractivity contribution in [2.24, 2.45) is 5.92 Å². The molecule has 0 aromatic carbocycles. The van der Waals surface area contributed by atoms with Gasteiger partial charge in [-0.1, -0.05) is 25.4 Å². The van der Waals surface area contributed by atoms with E-state index in [1.165, 1.54) is 25.7 Å². The van der Waals surface area contributed by atoms with Crippen LogP contribution in [0.3, 0.4) is 0 Å². The highest BCUT2D eigenvalue weighted by molar-refractivity contribution is 4.87. The molecule has 1 saturated heterocycles. The van der Waals surface area contributed by atoms with Gasteiger partial charge in [0.15, 0.2) is 5.82 Å². The highest BCUT2D eigenvalue weighted by Gasteiger charge is 2.18. The van der Waals surface area contributed by atoms with Crippen molar-refractivity contribution in [2.45, 2.75) is 58.9 Å². The van der Waals surface area contributed by atoms with Crippen molar-refractivity contribution in [1.29, 1.82) is 0 Å². The van der Waals surface area contributed by atoms with Crippen molar-refractivity contribution in [2.75, 3.05) is 26.2 Å². The second-order valence-corrected chi connectivity index (χ2v) is 6.14. The fourth-order valence-corrected chi connectivity index (χ4v) is 2.96. The van der Waals surface area contributed by atoms with E-state index in [4.69, 9.17) is 4.52 Å². The van der Waals surface area contributed by atoms with Crippen LogP contribution in [0.5, 0.6) is 0 Å². The molecule has 1 aromatic heterocycles. The van der Waals surface area contributed by atoms with Crippen LogP contribution >= 0.6 is 0 Å². The Morgan fingerprint density at radius 2 is 2.05 bits per heavy atom. The Hall–Kier alpha value is -0.940. The number of piperidine rings is 1. The van der Waals surface area contributed by atoms with Gasteiger partial charge in [0.25, 0.3) is 0 Å². The molecule has 2 rings (SSSR count). The highest BCUT2D eigenvalue weighted by Crippen LogP contribution is 2.15. The molecule has 1 aliphatic rings. The standard InChI is InChI=1S/C16H30N4O/c1-3-5-6-15-18-16(21-19-15)13-20(11-4-2)12-14-7-9-17-10-8-14/h14,17H,3-13H2,1-2H3. The average Bonchev–Trinajstić information content (AvgIpc) is 2.94. The van der Waals surface area contributed by atoms with Gasteiger partial charge in [-0.2, -0.15) is 4.98 Å². The van der Waals surface area contributed by atoms with Gasteiger partial charge in [-0.3, -0.25) is 4.90 Å². The van der Waals surface area contributed by atoms with E-state index in [0.29, 0.717) is 0 Å². The summed E-state index contributed by atoms with van der Waals surface area (Å²) in [6.45, 7) is 9.80. The molecule has 0 unspecified atom stereocenters. The Balaban J connectivity index is 1.84. The first-order valence-electron chi connectivity index (χ1n) is 8.56. The Morgan fingerprint density at radius 3 is 2.76 bits per heavy atom. The molecule has 2 heterocycles. The van der Waals surface area contributed by atoms with Gasteiger partial charge in [0.1, 0.15) is 0 Å². The normalized spacial score (nSPS) is 16.7. The summed E-state index contributed by atoms with van der Waals surface area (Å²) >= 11 is 0. The van der Waals surface area contributed by atoms with Crippen LogP contribution in [0.1, 0.15) is 57.7 Å². The Bertz CT molecular complexity index is 387. The van der Waals surface area contributed by atoms with Gasteiger partial charge >= 0.3 is 0 Å². The fraction of sp³-hybridized carbons (Fsp3) is 0.875. The second-order valence-electron chi connectivity index (χ2n) is 6.14. The molecule has 21 heavy (non-hydrogen) atoms. The van der Waals surface area contributed by atoms with Gasteiger partial charge in [0.05, 0.1) is 6.54 Å². The Kier molecular flexibility index (Phi) is 7.16. The van der Waals surface area contributed by atoms with Crippen LogP contribution in [0, 0.1) is 5.92 Å². The lowest BCUT2D eigenvalue weighted by atomic mass is 9.97. The fourth-order valence-electron chi connectivity index (χ4n) is 2.96. The average molecular weight is 294 g/mol. The van der Waals surface area contributed by atoms with Crippen molar-refractivity contribution < 1.29 is 4.52 Å². The molecule has 0 radical (unpaired) electrons. The minimum atomic E-state index is 0.781. The summed E-state index contributed by atoms with van der Waals surface area (Å²) < 4.78 is 5.41. The summed E-state index contributed by atoms with van der Waals surface area (Å²) in [6.07, 6.45) is 6.97. The van der Waals surface area contributed by atoms with E-state index in [1.54, 1.807) is 0 Å². The molecule has 1 aromatic rings. The molecule has 0 aliphatic carbocycles. The van der Waals surface area contributed by atoms with Crippen LogP contribution in [0.15, 0.2) is 4.52 Å². The SMILES string of the molecule is CCCCc1noc(CN(CCC)CC2CCNCC2)n1. The number of hydrogen-bond acceptors (Lipinski definition) is 5. The smallest absolute Gasteiger partial charge is 0.240 e. The first-order valence-corrected chi connectivity index (χ1v) is 8.56. The maximum absolute atomic E-state index is 5.41. The van der Waals surface area contributed by atoms with Gasteiger partial charge < -0.3 is 9.84 Å². The summed E-state index contributed by atoms with van der Waals surface area (Å²) in [7, 11) is 0. The lowest BCUT2D eigenvalue weighted by Gasteiger charge is -2.29. The molecule has 5 nitrogen and oxygen atoms in total. The van der Waals surface area contributed by atoms with Crippen LogP contribution in [-0.2, 0) is 13.0 Å². The quantitative estimate of drug-likeness (QED) is 0.759. The van der Waals surface area contributed by atoms with Crippen LogP contribution in [0.2, 0.25) is 0 Å². The molecule has 5 heteroatoms. The summed E-state index contributed by atoms with van der Waals surface area (Å²) in [5, 5.41) is 7.52. The summed E-state index contributed by atoms with van der Waals surface area (Å²) in [6, 6.07) is 0. The zero-order valence-electron chi connectivity index (χ0n) is 13.6. The van der Waals surface area contributed by atoms with Crippen LogP contribution in [0.25, 0.3) is 0 Å². The number of hydrogen-bond donors (Lipinski definition) is 1. The zero-order chi connectivity index (χ0) is 14.9. The maximum atomic E-state index is 5.41. The number of aryl methyl sites for hydroxylation is 1. The first-order chi connectivity index (χ1) is 10.3. The Labute approximate surface area is 128 Å². The molecule has 120 valence electrons. The highest BCUT2D eigenvalue weighted by atomic mass is 16.5. The van der Waals surface area contributed by atoms with Crippen molar-refractivity contribution >= 4 is 0 Å². The van der Waals surface area contributed by atoms with Gasteiger partial charge in [-0.25, -0.2) is 0 Å². The van der Waals surface area contributed by atoms with Gasteiger partial charge in [0.2, 0.25) is 5.89 Å². The summed E-state index contributed by atoms with van der Waals surface area (Å²) in [5.74, 6) is 2.45. The number of aromatic nitrogens is 2. The Morgan fingerprint density at radius 1 is 1.24 bits per heavy atom. The summed E-state index contributed by atoms with van der Waals surface area (Å²) in [4.78, 5) is 7.01. The van der Waals surface area contributed by atoms with Crippen LogP contribution in [0.4, 0.5) is 0 Å². The molecular formula is C16H30N4O. The number of nitrogens with zero attached hydrogens (tertiary/aromatic N) is 3. The predicted molar refractivity (Wildman–Crippen MR) is 84.1 cm³/mol. The van der Waals surface area contributed by atoms with Crippen molar-refractivity contribution in [3.05, 3.63) is 11.7 Å². The molecule has 0 atom stereocenters. The van der Waals surface area contributed by atoms with E-state index in [0.717, 1.165) is 63.2 Å². The van der Waals surface area contributed by atoms with Crippen molar-refractivity contribution in [3.63, 3.8) is 0 Å². The van der Waals surface area contributed by atoms with E-state index in [-0.39, 0.29) is 0 Å². The largest absolute Gasteiger partial charge is 0.338 e. The molecular weight excluding hydrogens is 264 g/mol. The molecule has 0 bridgehead atoms. The molecule has 0 saturated carbocycles. The van der Waals surface area contributed by atoms with Crippen LogP contribution < -0.4 is 5.32 Å². The van der Waals surface area contributed by atoms with Gasteiger partial charge in [0, 0.05) is 13.0 Å². The van der Waals surface area contributed by atoms with Crippen molar-refractivity contribution in [1.82, 2.24) is 20.4 Å². The van der Waals surface area contributed by atoms with E-state index in [2.05, 4.69) is 34.2 Å². The molecule has 1 N–H and O–H groups in total. The second kappa shape index (κ2) is 9.15. The monoisotopic (exact) mass is 294 g/mol. The van der Waals surface area contributed by atoms with Crippen LogP contribution in [-0.4, -0.2) is 41.2 Å². The topological polar surface area (TPSA) is 54.2 Å². The third-order valence-corrected chi connectivity index (χ3v) is 4.14. The molecule has 0 amide bonds. The first kappa shape index (κ1) is 16.4. The molecule has 1 aliphatic heterocycles. The van der Waals surface area contributed by atoms with E-state index in [9.17, 15) is 0 Å². The lowest BCUT2D eigenvalue weighted by molar-refractivity contribution is 0.178. The van der Waals surface area contributed by atoms with Crippen molar-refractivity contribution in [3.8, 4) is 0 Å². The van der Waals surface area contributed by atoms with E-state index < -0.39 is 0 Å². The molecule has 1 fully saturated rings. The van der Waals surface area contributed by atoms with Gasteiger partial charge in [-0.05, 0) is 51.2 Å².